The van der Waals surface area contributed by atoms with E-state index in [2.05, 4.69) is 37.1 Å². The van der Waals surface area contributed by atoms with Crippen LogP contribution in [0.1, 0.15) is 36.6 Å². The lowest BCUT2D eigenvalue weighted by Gasteiger charge is -2.30. The van der Waals surface area contributed by atoms with Crippen LogP contribution in [-0.4, -0.2) is 41.3 Å². The van der Waals surface area contributed by atoms with Gasteiger partial charge in [-0.25, -0.2) is 10.2 Å². The van der Waals surface area contributed by atoms with Crippen molar-refractivity contribution in [2.24, 2.45) is 5.10 Å². The Bertz CT molecular complexity index is 1960. The van der Waals surface area contributed by atoms with Gasteiger partial charge in [0.15, 0.2) is 11.7 Å². The van der Waals surface area contributed by atoms with E-state index < -0.39 is 29.4 Å². The topological polar surface area (TPSA) is 153 Å². The molecule has 3 N–H and O–H groups in total. The number of rotatable bonds is 12. The van der Waals surface area contributed by atoms with Gasteiger partial charge in [-0.15, -0.1) is 0 Å². The van der Waals surface area contributed by atoms with E-state index in [9.17, 15) is 19.7 Å². The number of hydrogen-bond donors (Lipinski definition) is 3. The maximum Gasteiger partial charge on any atom is 0.338 e. The third kappa shape index (κ3) is 7.96. The van der Waals surface area contributed by atoms with Crippen LogP contribution in [0.4, 0.5) is 5.69 Å². The number of para-hydroxylation sites is 1. The summed E-state index contributed by atoms with van der Waals surface area (Å²) in [6, 6.07) is 22.8. The lowest BCUT2D eigenvalue weighted by atomic mass is 9.95. The number of allylic oxidation sites excluding steroid dienone is 1. The fourth-order valence-electron chi connectivity index (χ4n) is 5.13. The summed E-state index contributed by atoms with van der Waals surface area (Å²) >= 11 is 8.69. The predicted molar refractivity (Wildman–Crippen MR) is 188 cm³/mol. The Morgan fingerprint density at radius 3 is 2.62 bits per heavy atom. The molecule has 14 heteroatoms. The number of carbonyl (C=O) groups is 2. The third-order valence-electron chi connectivity index (χ3n) is 7.25. The molecule has 0 bridgehead atoms. The first-order chi connectivity index (χ1) is 23.2. The first-order valence-electron chi connectivity index (χ1n) is 14.7. The van der Waals surface area contributed by atoms with E-state index in [-0.39, 0.29) is 24.7 Å². The zero-order valence-corrected chi connectivity index (χ0v) is 28.2. The minimum atomic E-state index is -0.677. The normalized spacial score (nSPS) is 14.3. The molecule has 0 saturated carbocycles. The quantitative estimate of drug-likeness (QED) is 0.0522. The number of nitro benzene ring substituents is 1. The van der Waals surface area contributed by atoms with E-state index in [1.165, 1.54) is 12.3 Å². The lowest BCUT2D eigenvalue weighted by molar-refractivity contribution is -0.386. The van der Waals surface area contributed by atoms with Crippen LogP contribution in [0.5, 0.6) is 11.5 Å². The minimum Gasteiger partial charge on any atom is -0.483 e. The molecule has 4 aromatic rings. The fraction of sp³-hybridized carbons (Fsp3) is 0.176. The molecule has 1 aliphatic heterocycles. The van der Waals surface area contributed by atoms with Gasteiger partial charge in [-0.3, -0.25) is 14.9 Å². The second-order valence-corrected chi connectivity index (χ2v) is 11.7. The summed E-state index contributed by atoms with van der Waals surface area (Å²) in [4.78, 5) is 36.8. The number of thiocarbonyl (C=S) groups is 1. The number of nitrogens with one attached hydrogen (secondary N) is 3. The van der Waals surface area contributed by atoms with Gasteiger partial charge in [0.05, 0.1) is 33.8 Å². The smallest absolute Gasteiger partial charge is 0.338 e. The molecule has 12 nitrogen and oxygen atoms in total. The van der Waals surface area contributed by atoms with Crippen LogP contribution in [0.3, 0.4) is 0 Å². The van der Waals surface area contributed by atoms with E-state index in [1.807, 2.05) is 42.5 Å². The summed E-state index contributed by atoms with van der Waals surface area (Å²) in [5.74, 6) is -0.690. The van der Waals surface area contributed by atoms with Crippen LogP contribution in [0.15, 0.2) is 99.7 Å². The number of esters is 1. The molecule has 1 aliphatic rings. The summed E-state index contributed by atoms with van der Waals surface area (Å²) in [5, 5.41) is 24.3. The van der Waals surface area contributed by atoms with Gasteiger partial charge in [0.25, 0.3) is 5.91 Å². The first-order valence-corrected chi connectivity index (χ1v) is 15.9. The largest absolute Gasteiger partial charge is 0.483 e. The van der Waals surface area contributed by atoms with Gasteiger partial charge in [-0.2, -0.15) is 5.10 Å². The summed E-state index contributed by atoms with van der Waals surface area (Å²) < 4.78 is 17.3. The molecule has 48 heavy (non-hydrogen) atoms. The highest BCUT2D eigenvalue weighted by Crippen LogP contribution is 2.37. The Balaban J connectivity index is 1.25. The van der Waals surface area contributed by atoms with Gasteiger partial charge < -0.3 is 24.8 Å². The van der Waals surface area contributed by atoms with E-state index >= 15 is 0 Å². The highest BCUT2D eigenvalue weighted by molar-refractivity contribution is 9.10. The molecule has 1 amide bonds. The second-order valence-electron chi connectivity index (χ2n) is 10.4. The Hall–Kier alpha value is -5.34. The molecule has 1 atom stereocenters. The van der Waals surface area contributed by atoms with Gasteiger partial charge in [0.1, 0.15) is 12.4 Å². The standard InChI is InChI=1S/C34H30BrN5O7S/c1-3-45-33(42)30-20(2)37-34(48)38-31(30)25-13-6-7-14-28(25)46-19-29(41)39-36-17-21-15-26(35)32(27(16-21)40(43)44)47-18-23-11-8-10-22-9-4-5-12-24(22)23/h4-17,31H,3,18-19H2,1-2H3,(H,39,41)(H2,37,38,48)/t31-/m0/s1. The molecule has 246 valence electrons. The Kier molecular flexibility index (Phi) is 11.0. The van der Waals surface area contributed by atoms with Gasteiger partial charge in [-0.1, -0.05) is 60.7 Å². The molecular formula is C34H30BrN5O7S. The highest BCUT2D eigenvalue weighted by Gasteiger charge is 2.32. The van der Waals surface area contributed by atoms with Crippen molar-refractivity contribution >= 4 is 67.8 Å². The molecule has 0 spiro atoms. The molecule has 0 saturated heterocycles. The second kappa shape index (κ2) is 15.5. The van der Waals surface area contributed by atoms with E-state index in [0.29, 0.717) is 37.7 Å². The van der Waals surface area contributed by atoms with E-state index in [4.69, 9.17) is 26.4 Å². The van der Waals surface area contributed by atoms with Crippen molar-refractivity contribution in [3.63, 3.8) is 0 Å². The van der Waals surface area contributed by atoms with Crippen molar-refractivity contribution in [2.75, 3.05) is 13.2 Å². The van der Waals surface area contributed by atoms with Crippen molar-refractivity contribution in [3.05, 3.63) is 121 Å². The summed E-state index contributed by atoms with van der Waals surface area (Å²) in [5.41, 5.74) is 4.77. The molecule has 0 radical (unpaired) electrons. The van der Waals surface area contributed by atoms with E-state index in [0.717, 1.165) is 16.3 Å². The maximum absolute atomic E-state index is 12.8. The first kappa shape index (κ1) is 34.0. The van der Waals surface area contributed by atoms with E-state index in [1.54, 1.807) is 44.2 Å². The van der Waals surface area contributed by atoms with Crippen molar-refractivity contribution in [3.8, 4) is 11.5 Å². The van der Waals surface area contributed by atoms with Crippen molar-refractivity contribution in [1.29, 1.82) is 0 Å². The van der Waals surface area contributed by atoms with Crippen LogP contribution in [0.25, 0.3) is 10.8 Å². The molecular weight excluding hydrogens is 702 g/mol. The van der Waals surface area contributed by atoms with Crippen molar-refractivity contribution in [1.82, 2.24) is 16.1 Å². The molecule has 0 aliphatic carbocycles. The van der Waals surface area contributed by atoms with Crippen LogP contribution in [0, 0.1) is 10.1 Å². The lowest BCUT2D eigenvalue weighted by Crippen LogP contribution is -2.45. The molecule has 0 fully saturated rings. The zero-order valence-electron chi connectivity index (χ0n) is 25.8. The van der Waals surface area contributed by atoms with Crippen LogP contribution in [0.2, 0.25) is 0 Å². The number of hydrazone groups is 1. The fourth-order valence-corrected chi connectivity index (χ4v) is 5.98. The highest BCUT2D eigenvalue weighted by atomic mass is 79.9. The summed E-state index contributed by atoms with van der Waals surface area (Å²) in [6.45, 7) is 3.34. The average molecular weight is 733 g/mol. The Labute approximate surface area is 289 Å². The van der Waals surface area contributed by atoms with Crippen molar-refractivity contribution < 1.29 is 28.7 Å². The number of halogens is 1. The number of nitrogens with zero attached hydrogens (tertiary/aromatic N) is 2. The minimum absolute atomic E-state index is 0.0707. The number of fused-ring (bicyclic) bond motifs is 1. The number of nitro groups is 1. The Morgan fingerprint density at radius 2 is 1.83 bits per heavy atom. The number of hydrogen-bond acceptors (Lipinski definition) is 9. The third-order valence-corrected chi connectivity index (χ3v) is 8.06. The Morgan fingerprint density at radius 1 is 1.08 bits per heavy atom. The van der Waals surface area contributed by atoms with Crippen LogP contribution in [-0.2, 0) is 20.9 Å². The van der Waals surface area contributed by atoms with Gasteiger partial charge in [-0.05, 0) is 70.5 Å². The number of amides is 1. The average Bonchev–Trinajstić information content (AvgIpc) is 3.06. The molecule has 5 rings (SSSR count). The zero-order chi connectivity index (χ0) is 34.2. The SMILES string of the molecule is CCOC(=O)C1=C(C)NC(=S)N[C@H]1c1ccccc1OCC(=O)NN=Cc1cc(Br)c(OCc2cccc3ccccc23)c([N+](=O)[O-])c1. The predicted octanol–water partition coefficient (Wildman–Crippen LogP) is 5.97. The molecule has 0 aromatic heterocycles. The number of benzene rings is 4. The van der Waals surface area contributed by atoms with Crippen LogP contribution >= 0.6 is 28.1 Å². The number of carbonyl (C=O) groups excluding carboxylic acids is 2. The molecule has 1 heterocycles. The molecule has 0 unspecified atom stereocenters. The maximum atomic E-state index is 12.8. The summed E-state index contributed by atoms with van der Waals surface area (Å²) in [6.07, 6.45) is 1.27. The molecule has 4 aromatic carbocycles. The number of ether oxygens (including phenoxy) is 3. The van der Waals surface area contributed by atoms with Gasteiger partial charge in [0.2, 0.25) is 5.75 Å². The van der Waals surface area contributed by atoms with Crippen LogP contribution < -0.4 is 25.5 Å². The van der Waals surface area contributed by atoms with Crippen molar-refractivity contribution in [2.45, 2.75) is 26.5 Å². The van der Waals surface area contributed by atoms with Gasteiger partial charge in [0, 0.05) is 22.9 Å². The summed E-state index contributed by atoms with van der Waals surface area (Å²) in [7, 11) is 0. The monoisotopic (exact) mass is 731 g/mol. The van der Waals surface area contributed by atoms with Gasteiger partial charge >= 0.3 is 11.7 Å².